The van der Waals surface area contributed by atoms with E-state index >= 15 is 0 Å². The molecule has 2 aromatic rings. The Hall–Kier alpha value is -2.39. The minimum Gasteiger partial charge on any atom is -0.489 e. The van der Waals surface area contributed by atoms with Crippen LogP contribution in [0.4, 0.5) is 32.0 Å². The molecule has 0 bridgehead atoms. The molecular formula is C16H14F6N2O2. The number of nitrogens with one attached hydrogen (secondary N) is 1. The van der Waals surface area contributed by atoms with Gasteiger partial charge < -0.3 is 14.6 Å². The quantitative estimate of drug-likeness (QED) is 0.799. The number of halogens is 6. The molecule has 3 rings (SSSR count). The summed E-state index contributed by atoms with van der Waals surface area (Å²) in [6, 6.07) is 1.98. The van der Waals surface area contributed by atoms with Crippen molar-refractivity contribution in [3.8, 4) is 5.75 Å². The van der Waals surface area contributed by atoms with Crippen LogP contribution in [0.1, 0.15) is 18.9 Å². The first-order valence-corrected chi connectivity index (χ1v) is 7.74. The Morgan fingerprint density at radius 1 is 1.23 bits per heavy atom. The summed E-state index contributed by atoms with van der Waals surface area (Å²) in [5, 5.41) is -0.362. The summed E-state index contributed by atoms with van der Waals surface area (Å²) in [4.78, 5) is 15.2. The third kappa shape index (κ3) is 3.32. The number of alkyl halides is 6. The van der Waals surface area contributed by atoms with Gasteiger partial charge in [0.25, 0.3) is 0 Å². The Morgan fingerprint density at radius 2 is 1.92 bits per heavy atom. The lowest BCUT2D eigenvalue weighted by molar-refractivity contribution is -0.140. The summed E-state index contributed by atoms with van der Waals surface area (Å²) >= 11 is 0. The Morgan fingerprint density at radius 3 is 2.50 bits per heavy atom. The molecule has 1 aromatic carbocycles. The number of hydrogen-bond donors (Lipinski definition) is 1. The van der Waals surface area contributed by atoms with Gasteiger partial charge in [-0.25, -0.2) is 0 Å². The van der Waals surface area contributed by atoms with Crippen LogP contribution in [0.25, 0.3) is 10.9 Å². The zero-order valence-corrected chi connectivity index (χ0v) is 13.5. The van der Waals surface area contributed by atoms with Crippen molar-refractivity contribution in [3.05, 3.63) is 34.1 Å². The lowest BCUT2D eigenvalue weighted by atomic mass is 10.0. The third-order valence-corrected chi connectivity index (χ3v) is 4.22. The molecule has 4 nitrogen and oxygen atoms in total. The van der Waals surface area contributed by atoms with Crippen LogP contribution in [0.2, 0.25) is 0 Å². The number of pyridine rings is 1. The summed E-state index contributed by atoms with van der Waals surface area (Å²) in [5.41, 5.74) is -2.06. The molecule has 0 saturated carbocycles. The predicted molar refractivity (Wildman–Crippen MR) is 82.5 cm³/mol. The molecule has 0 amide bonds. The van der Waals surface area contributed by atoms with E-state index in [1.54, 1.807) is 6.92 Å². The lowest BCUT2D eigenvalue weighted by Gasteiger charge is -2.39. The van der Waals surface area contributed by atoms with Crippen LogP contribution in [-0.2, 0) is 6.18 Å². The molecule has 0 spiro atoms. The highest BCUT2D eigenvalue weighted by atomic mass is 19.4. The molecule has 26 heavy (non-hydrogen) atoms. The maximum Gasteiger partial charge on any atom is 0.417 e. The summed E-state index contributed by atoms with van der Waals surface area (Å²) in [6.45, 7) is 1.36. The Bertz CT molecular complexity index is 887. The molecule has 142 valence electrons. The number of hydrogen-bond acceptors (Lipinski definition) is 3. The van der Waals surface area contributed by atoms with Crippen molar-refractivity contribution >= 4 is 16.6 Å². The molecule has 10 heteroatoms. The van der Waals surface area contributed by atoms with E-state index in [1.807, 2.05) is 0 Å². The number of fused-ring (bicyclic) bond motifs is 3. The van der Waals surface area contributed by atoms with Crippen molar-refractivity contribution in [1.82, 2.24) is 4.98 Å². The lowest BCUT2D eigenvalue weighted by Crippen LogP contribution is -2.45. The Labute approximate surface area is 143 Å². The van der Waals surface area contributed by atoms with Crippen LogP contribution in [-0.4, -0.2) is 30.4 Å². The number of anilines is 1. The van der Waals surface area contributed by atoms with Crippen molar-refractivity contribution in [2.45, 2.75) is 31.7 Å². The number of nitrogens with zero attached hydrogens (tertiary/aromatic N) is 1. The monoisotopic (exact) mass is 380 g/mol. The van der Waals surface area contributed by atoms with E-state index in [1.165, 1.54) is 17.0 Å². The molecule has 0 aliphatic carbocycles. The molecule has 1 N–H and O–H groups in total. The van der Waals surface area contributed by atoms with Gasteiger partial charge in [0.05, 0.1) is 34.6 Å². The van der Waals surface area contributed by atoms with E-state index in [0.717, 1.165) is 0 Å². The fourth-order valence-electron chi connectivity index (χ4n) is 3.24. The van der Waals surface area contributed by atoms with Crippen LogP contribution >= 0.6 is 0 Å². The second-order valence-corrected chi connectivity index (χ2v) is 5.95. The van der Waals surface area contributed by atoms with Gasteiger partial charge in [-0.15, -0.1) is 0 Å². The van der Waals surface area contributed by atoms with Crippen LogP contribution in [0.3, 0.4) is 0 Å². The topological polar surface area (TPSA) is 45.3 Å². The van der Waals surface area contributed by atoms with Gasteiger partial charge in [0.2, 0.25) is 5.56 Å². The maximum atomic E-state index is 13.4. The van der Waals surface area contributed by atoms with Gasteiger partial charge in [0.15, 0.2) is 5.75 Å². The number of rotatable bonds is 2. The van der Waals surface area contributed by atoms with E-state index in [-0.39, 0.29) is 28.9 Å². The molecule has 0 radical (unpaired) electrons. The number of benzene rings is 1. The van der Waals surface area contributed by atoms with Gasteiger partial charge in [0.1, 0.15) is 6.61 Å². The molecule has 1 aliphatic heterocycles. The van der Waals surface area contributed by atoms with Crippen LogP contribution in [0.15, 0.2) is 23.0 Å². The standard InChI is InChI=1S/C16H14F6N2O2/c1-2-24-8(6-15(17,18)19)7-26-14-11(24)4-3-10-13(14)9(16(20,21)22)5-12(25)23-10/h3-5,8H,2,6-7H2,1H3,(H,23,25)/t8-/m1/s1. The summed E-state index contributed by atoms with van der Waals surface area (Å²) in [5.74, 6) is -0.175. The highest BCUT2D eigenvalue weighted by Crippen LogP contribution is 2.45. The van der Waals surface area contributed by atoms with Crippen molar-refractivity contribution in [2.24, 2.45) is 0 Å². The maximum absolute atomic E-state index is 13.4. The number of aromatic amines is 1. The minimum atomic E-state index is -4.81. The van der Waals surface area contributed by atoms with Crippen molar-refractivity contribution in [1.29, 1.82) is 0 Å². The van der Waals surface area contributed by atoms with Crippen LogP contribution in [0, 0.1) is 0 Å². The highest BCUT2D eigenvalue weighted by molar-refractivity contribution is 5.94. The Balaban J connectivity index is 2.21. The third-order valence-electron chi connectivity index (χ3n) is 4.22. The zero-order valence-electron chi connectivity index (χ0n) is 13.5. The molecule has 1 aromatic heterocycles. The molecule has 2 heterocycles. The molecule has 0 saturated heterocycles. The molecule has 1 aliphatic rings. The summed E-state index contributed by atoms with van der Waals surface area (Å²) in [7, 11) is 0. The van der Waals surface area contributed by atoms with Gasteiger partial charge in [-0.1, -0.05) is 0 Å². The fraction of sp³-hybridized carbons (Fsp3) is 0.438. The SMILES string of the molecule is CCN1c2ccc3[nH]c(=O)cc(C(F)(F)F)c3c2OC[C@H]1CC(F)(F)F. The average molecular weight is 380 g/mol. The molecule has 0 unspecified atom stereocenters. The van der Waals surface area contributed by atoms with Gasteiger partial charge in [-0.05, 0) is 19.1 Å². The Kier molecular flexibility index (Phi) is 4.32. The number of likely N-dealkylation sites (N-methyl/N-ethyl adjacent to an activating group) is 1. The van der Waals surface area contributed by atoms with Crippen molar-refractivity contribution in [3.63, 3.8) is 0 Å². The highest BCUT2D eigenvalue weighted by Gasteiger charge is 2.40. The van der Waals surface area contributed by atoms with Crippen molar-refractivity contribution < 1.29 is 31.1 Å². The fourth-order valence-corrected chi connectivity index (χ4v) is 3.24. The van der Waals surface area contributed by atoms with E-state index in [9.17, 15) is 31.1 Å². The van der Waals surface area contributed by atoms with Gasteiger partial charge in [-0.3, -0.25) is 4.79 Å². The molecular weight excluding hydrogens is 366 g/mol. The second kappa shape index (κ2) is 6.10. The summed E-state index contributed by atoms with van der Waals surface area (Å²) in [6.07, 6.45) is -10.4. The van der Waals surface area contributed by atoms with Crippen molar-refractivity contribution in [2.75, 3.05) is 18.1 Å². The number of H-pyrrole nitrogens is 1. The second-order valence-electron chi connectivity index (χ2n) is 5.95. The smallest absolute Gasteiger partial charge is 0.417 e. The normalized spacial score (nSPS) is 18.0. The van der Waals surface area contributed by atoms with Gasteiger partial charge in [-0.2, -0.15) is 26.3 Å². The summed E-state index contributed by atoms with van der Waals surface area (Å²) < 4.78 is 83.8. The number of aromatic nitrogens is 1. The first-order chi connectivity index (χ1) is 12.0. The minimum absolute atomic E-state index is 0.0890. The zero-order chi connectivity index (χ0) is 19.3. The molecule has 1 atom stereocenters. The predicted octanol–water partition coefficient (Wildman–Crippen LogP) is 4.09. The van der Waals surface area contributed by atoms with E-state index in [0.29, 0.717) is 6.07 Å². The first kappa shape index (κ1) is 18.4. The van der Waals surface area contributed by atoms with Crippen LogP contribution < -0.4 is 15.2 Å². The van der Waals surface area contributed by atoms with Crippen LogP contribution in [0.5, 0.6) is 5.75 Å². The van der Waals surface area contributed by atoms with E-state index in [2.05, 4.69) is 4.98 Å². The average Bonchev–Trinajstić information content (AvgIpc) is 2.51. The first-order valence-electron chi connectivity index (χ1n) is 7.74. The van der Waals surface area contributed by atoms with Gasteiger partial charge >= 0.3 is 12.4 Å². The van der Waals surface area contributed by atoms with Gasteiger partial charge in [0, 0.05) is 12.6 Å². The van der Waals surface area contributed by atoms with E-state index < -0.39 is 42.5 Å². The number of ether oxygens (including phenoxy) is 1. The largest absolute Gasteiger partial charge is 0.489 e. The molecule has 0 fully saturated rings. The van der Waals surface area contributed by atoms with E-state index in [4.69, 9.17) is 4.74 Å².